The van der Waals surface area contributed by atoms with Crippen LogP contribution in [0.3, 0.4) is 0 Å². The SMILES string of the molecule is CN(C)c1ccc(C(=O)NC2CC23CCN(c2cc(F)cc(F)c2)CC3)c2ccccc12. The number of halogens is 2. The van der Waals surface area contributed by atoms with Crippen molar-refractivity contribution in [2.24, 2.45) is 5.41 Å². The first-order chi connectivity index (χ1) is 15.4. The standard InChI is InChI=1S/C26H27F2N3O/c1-30(2)23-8-7-22(20-5-3-4-6-21(20)23)25(32)29-24-16-26(24)9-11-31(12-10-26)19-14-17(27)13-18(28)15-19/h3-8,13-15,24H,9-12,16H2,1-2H3,(H,29,32). The Balaban J connectivity index is 1.27. The van der Waals surface area contributed by atoms with E-state index in [0.29, 0.717) is 11.3 Å². The maximum Gasteiger partial charge on any atom is 0.252 e. The van der Waals surface area contributed by atoms with Crippen LogP contribution in [0.5, 0.6) is 0 Å². The van der Waals surface area contributed by atoms with Gasteiger partial charge in [0.15, 0.2) is 0 Å². The van der Waals surface area contributed by atoms with Gasteiger partial charge in [-0.05, 0) is 54.3 Å². The fourth-order valence-electron chi connectivity index (χ4n) is 5.14. The summed E-state index contributed by atoms with van der Waals surface area (Å²) < 4.78 is 27.2. The molecule has 1 spiro atoms. The molecule has 4 nitrogen and oxygen atoms in total. The van der Waals surface area contributed by atoms with E-state index >= 15 is 0 Å². The molecule has 1 amide bonds. The number of nitrogens with one attached hydrogen (secondary N) is 1. The molecule has 5 rings (SSSR count). The second kappa shape index (κ2) is 7.76. The maximum atomic E-state index is 13.6. The topological polar surface area (TPSA) is 35.6 Å². The third-order valence-corrected chi connectivity index (χ3v) is 7.09. The van der Waals surface area contributed by atoms with E-state index in [1.807, 2.05) is 55.4 Å². The Kier molecular flexibility index (Phi) is 5.03. The zero-order valence-electron chi connectivity index (χ0n) is 18.4. The van der Waals surface area contributed by atoms with Crippen molar-refractivity contribution in [3.63, 3.8) is 0 Å². The number of carbonyl (C=O) groups excluding carboxylic acids is 1. The zero-order valence-corrected chi connectivity index (χ0v) is 18.4. The summed E-state index contributed by atoms with van der Waals surface area (Å²) >= 11 is 0. The van der Waals surface area contributed by atoms with E-state index in [4.69, 9.17) is 0 Å². The smallest absolute Gasteiger partial charge is 0.252 e. The average Bonchev–Trinajstić information content (AvgIpc) is 3.42. The number of piperidine rings is 1. The van der Waals surface area contributed by atoms with Gasteiger partial charge in [0.25, 0.3) is 5.91 Å². The van der Waals surface area contributed by atoms with Gasteiger partial charge >= 0.3 is 0 Å². The minimum Gasteiger partial charge on any atom is -0.377 e. The number of nitrogens with zero attached hydrogens (tertiary/aromatic N) is 2. The van der Waals surface area contributed by atoms with Gasteiger partial charge in [-0.3, -0.25) is 4.79 Å². The van der Waals surface area contributed by atoms with Gasteiger partial charge in [-0.15, -0.1) is 0 Å². The molecule has 0 radical (unpaired) electrons. The Morgan fingerprint density at radius 1 is 1.00 bits per heavy atom. The van der Waals surface area contributed by atoms with Crippen LogP contribution in [-0.2, 0) is 0 Å². The first-order valence-corrected chi connectivity index (χ1v) is 11.1. The van der Waals surface area contributed by atoms with Crippen LogP contribution in [0.2, 0.25) is 0 Å². The number of hydrogen-bond donors (Lipinski definition) is 1. The summed E-state index contributed by atoms with van der Waals surface area (Å²) in [7, 11) is 4.00. The van der Waals surface area contributed by atoms with E-state index < -0.39 is 11.6 Å². The van der Waals surface area contributed by atoms with Crippen LogP contribution < -0.4 is 15.1 Å². The summed E-state index contributed by atoms with van der Waals surface area (Å²) in [5.41, 5.74) is 2.46. The lowest BCUT2D eigenvalue weighted by Gasteiger charge is -2.34. The second-order valence-electron chi connectivity index (χ2n) is 9.28. The van der Waals surface area contributed by atoms with Gasteiger partial charge in [-0.25, -0.2) is 8.78 Å². The minimum atomic E-state index is -0.552. The molecule has 3 aromatic carbocycles. The number of rotatable bonds is 4. The van der Waals surface area contributed by atoms with Crippen molar-refractivity contribution >= 4 is 28.1 Å². The largest absolute Gasteiger partial charge is 0.377 e. The highest BCUT2D eigenvalue weighted by Crippen LogP contribution is 2.54. The molecule has 1 aliphatic heterocycles. The van der Waals surface area contributed by atoms with Gasteiger partial charge in [0.05, 0.1) is 0 Å². The van der Waals surface area contributed by atoms with E-state index in [9.17, 15) is 13.6 Å². The quantitative estimate of drug-likeness (QED) is 0.628. The lowest BCUT2D eigenvalue weighted by atomic mass is 9.92. The molecule has 0 bridgehead atoms. The first kappa shape index (κ1) is 20.7. The molecule has 1 unspecified atom stereocenters. The molecule has 2 fully saturated rings. The summed E-state index contributed by atoms with van der Waals surface area (Å²) in [4.78, 5) is 17.2. The van der Waals surface area contributed by atoms with Gasteiger partial charge in [0, 0.05) is 61.6 Å². The molecule has 1 saturated heterocycles. The lowest BCUT2D eigenvalue weighted by Crippen LogP contribution is -2.39. The van der Waals surface area contributed by atoms with Crippen LogP contribution in [0, 0.1) is 17.0 Å². The number of amides is 1. The molecule has 1 atom stereocenters. The maximum absolute atomic E-state index is 13.6. The van der Waals surface area contributed by atoms with Crippen LogP contribution in [0.15, 0.2) is 54.6 Å². The van der Waals surface area contributed by atoms with Crippen LogP contribution in [0.4, 0.5) is 20.2 Å². The Bertz CT molecular complexity index is 1160. The Morgan fingerprint density at radius 2 is 1.66 bits per heavy atom. The average molecular weight is 436 g/mol. The summed E-state index contributed by atoms with van der Waals surface area (Å²) in [6, 6.07) is 15.7. The Labute approximate surface area is 186 Å². The monoisotopic (exact) mass is 435 g/mol. The molecule has 166 valence electrons. The summed E-state index contributed by atoms with van der Waals surface area (Å²) in [6.45, 7) is 1.46. The molecule has 2 aliphatic rings. The fraction of sp³-hybridized carbons (Fsp3) is 0.346. The van der Waals surface area contributed by atoms with E-state index in [2.05, 4.69) is 10.2 Å². The van der Waals surface area contributed by atoms with E-state index in [1.54, 1.807) is 0 Å². The third-order valence-electron chi connectivity index (χ3n) is 7.09. The number of fused-ring (bicyclic) bond motifs is 1. The Hall–Kier alpha value is -3.15. The normalized spacial score (nSPS) is 19.2. The zero-order chi connectivity index (χ0) is 22.5. The van der Waals surface area contributed by atoms with Crippen molar-refractivity contribution in [2.75, 3.05) is 37.0 Å². The number of benzene rings is 3. The van der Waals surface area contributed by atoms with Gasteiger partial charge in [-0.1, -0.05) is 24.3 Å². The number of anilines is 2. The summed E-state index contributed by atoms with van der Waals surface area (Å²) in [5.74, 6) is -1.14. The minimum absolute atomic E-state index is 0.0389. The predicted molar refractivity (Wildman–Crippen MR) is 124 cm³/mol. The van der Waals surface area contributed by atoms with Crippen molar-refractivity contribution in [3.8, 4) is 0 Å². The Morgan fingerprint density at radius 3 is 2.31 bits per heavy atom. The highest BCUT2D eigenvalue weighted by atomic mass is 19.1. The number of hydrogen-bond acceptors (Lipinski definition) is 3. The molecule has 0 aromatic heterocycles. The summed E-state index contributed by atoms with van der Waals surface area (Å²) in [6.07, 6.45) is 2.75. The molecule has 3 aromatic rings. The molecular formula is C26H27F2N3O. The van der Waals surface area contributed by atoms with Crippen LogP contribution in [0.1, 0.15) is 29.6 Å². The fourth-order valence-corrected chi connectivity index (χ4v) is 5.14. The van der Waals surface area contributed by atoms with Crippen molar-refractivity contribution in [2.45, 2.75) is 25.3 Å². The highest BCUT2D eigenvalue weighted by molar-refractivity contribution is 6.10. The van der Waals surface area contributed by atoms with E-state index in [0.717, 1.165) is 54.9 Å². The van der Waals surface area contributed by atoms with Crippen LogP contribution in [-0.4, -0.2) is 39.1 Å². The van der Waals surface area contributed by atoms with Gasteiger partial charge in [0.1, 0.15) is 11.6 Å². The van der Waals surface area contributed by atoms with Crippen LogP contribution >= 0.6 is 0 Å². The van der Waals surface area contributed by atoms with Crippen molar-refractivity contribution in [3.05, 3.63) is 71.8 Å². The third kappa shape index (κ3) is 3.68. The molecule has 6 heteroatoms. The molecule has 1 heterocycles. The number of carbonyl (C=O) groups is 1. The first-order valence-electron chi connectivity index (χ1n) is 11.1. The van der Waals surface area contributed by atoms with Crippen LogP contribution in [0.25, 0.3) is 10.8 Å². The molecule has 1 aliphatic carbocycles. The second-order valence-corrected chi connectivity index (χ2v) is 9.28. The predicted octanol–water partition coefficient (Wildman–Crippen LogP) is 4.97. The summed E-state index contributed by atoms with van der Waals surface area (Å²) in [5, 5.41) is 5.27. The highest BCUT2D eigenvalue weighted by Gasteiger charge is 2.55. The van der Waals surface area contributed by atoms with Crippen molar-refractivity contribution in [1.29, 1.82) is 0 Å². The molecular weight excluding hydrogens is 408 g/mol. The molecule has 1 saturated carbocycles. The van der Waals surface area contributed by atoms with Gasteiger partial charge in [0.2, 0.25) is 0 Å². The molecule has 1 N–H and O–H groups in total. The van der Waals surface area contributed by atoms with E-state index in [1.165, 1.54) is 12.1 Å². The van der Waals surface area contributed by atoms with Crippen molar-refractivity contribution in [1.82, 2.24) is 5.32 Å². The lowest BCUT2D eigenvalue weighted by molar-refractivity contribution is 0.0945. The van der Waals surface area contributed by atoms with Gasteiger partial charge in [-0.2, -0.15) is 0 Å². The van der Waals surface area contributed by atoms with Crippen molar-refractivity contribution < 1.29 is 13.6 Å². The van der Waals surface area contributed by atoms with Gasteiger partial charge < -0.3 is 15.1 Å². The molecule has 32 heavy (non-hydrogen) atoms. The van der Waals surface area contributed by atoms with E-state index in [-0.39, 0.29) is 17.4 Å².